The summed E-state index contributed by atoms with van der Waals surface area (Å²) in [5.74, 6) is 1.43. The van der Waals surface area contributed by atoms with Crippen molar-refractivity contribution < 1.29 is 9.47 Å². The van der Waals surface area contributed by atoms with Crippen molar-refractivity contribution in [3.63, 3.8) is 0 Å². The molecular formula is C16H24N2O2. The lowest BCUT2D eigenvalue weighted by atomic mass is 9.95. The number of fused-ring (bicyclic) bond motifs is 1. The van der Waals surface area contributed by atoms with E-state index in [1.54, 1.807) is 14.2 Å². The number of methoxy groups -OCH3 is 2. The summed E-state index contributed by atoms with van der Waals surface area (Å²) in [5, 5.41) is 0. The maximum absolute atomic E-state index is 6.27. The van der Waals surface area contributed by atoms with Crippen molar-refractivity contribution in [1.29, 1.82) is 0 Å². The highest BCUT2D eigenvalue weighted by Gasteiger charge is 2.28. The Bertz CT molecular complexity index is 496. The molecule has 1 heterocycles. The van der Waals surface area contributed by atoms with Gasteiger partial charge in [0.2, 0.25) is 0 Å². The molecule has 0 spiro atoms. The van der Waals surface area contributed by atoms with Gasteiger partial charge in [-0.3, -0.25) is 4.90 Å². The normalized spacial score (nSPS) is 19.9. The van der Waals surface area contributed by atoms with E-state index in [2.05, 4.69) is 11.0 Å². The zero-order chi connectivity index (χ0) is 14.1. The van der Waals surface area contributed by atoms with Crippen LogP contribution in [-0.2, 0) is 13.0 Å². The second-order valence-electron chi connectivity index (χ2n) is 5.82. The van der Waals surface area contributed by atoms with Crippen LogP contribution in [0.3, 0.4) is 0 Å². The molecule has 0 saturated heterocycles. The molecule has 110 valence electrons. The van der Waals surface area contributed by atoms with Crippen molar-refractivity contribution in [1.82, 2.24) is 4.90 Å². The van der Waals surface area contributed by atoms with E-state index < -0.39 is 0 Å². The average molecular weight is 276 g/mol. The molecule has 1 saturated carbocycles. The smallest absolute Gasteiger partial charge is 0.184 e. The second kappa shape index (κ2) is 5.52. The Morgan fingerprint density at radius 1 is 1.20 bits per heavy atom. The molecule has 3 rings (SSSR count). The molecule has 0 atom stereocenters. The first-order chi connectivity index (χ1) is 9.74. The molecular weight excluding hydrogens is 252 g/mol. The summed E-state index contributed by atoms with van der Waals surface area (Å²) in [4.78, 5) is 2.61. The zero-order valence-corrected chi connectivity index (χ0v) is 12.4. The van der Waals surface area contributed by atoms with E-state index >= 15 is 0 Å². The van der Waals surface area contributed by atoms with Gasteiger partial charge in [0, 0.05) is 19.1 Å². The SMILES string of the molecule is COc1cc2c(c(N)c1OC)CCN(C1CCCC1)C2. The topological polar surface area (TPSA) is 47.7 Å². The summed E-state index contributed by atoms with van der Waals surface area (Å²) < 4.78 is 10.8. The predicted octanol–water partition coefficient (Wildman–Crippen LogP) is 2.59. The Labute approximate surface area is 120 Å². The highest BCUT2D eigenvalue weighted by atomic mass is 16.5. The standard InChI is InChI=1S/C16H24N2O2/c1-19-14-9-11-10-18(12-5-3-4-6-12)8-7-13(11)15(17)16(14)20-2/h9,12H,3-8,10,17H2,1-2H3. The lowest BCUT2D eigenvalue weighted by Gasteiger charge is -2.34. The molecule has 4 nitrogen and oxygen atoms in total. The first-order valence-electron chi connectivity index (χ1n) is 7.51. The van der Waals surface area contributed by atoms with Gasteiger partial charge in [0.25, 0.3) is 0 Å². The van der Waals surface area contributed by atoms with Gasteiger partial charge in [0.1, 0.15) is 0 Å². The van der Waals surface area contributed by atoms with E-state index in [4.69, 9.17) is 15.2 Å². The van der Waals surface area contributed by atoms with Gasteiger partial charge < -0.3 is 15.2 Å². The summed E-state index contributed by atoms with van der Waals surface area (Å²) in [5.41, 5.74) is 9.57. The van der Waals surface area contributed by atoms with Crippen LogP contribution >= 0.6 is 0 Å². The van der Waals surface area contributed by atoms with E-state index in [0.717, 1.165) is 37.0 Å². The Morgan fingerprint density at radius 2 is 1.95 bits per heavy atom. The van der Waals surface area contributed by atoms with E-state index in [1.807, 2.05) is 0 Å². The highest BCUT2D eigenvalue weighted by molar-refractivity contribution is 5.68. The van der Waals surface area contributed by atoms with Crippen molar-refractivity contribution in [2.75, 3.05) is 26.5 Å². The van der Waals surface area contributed by atoms with Crippen LogP contribution in [0, 0.1) is 0 Å². The van der Waals surface area contributed by atoms with Gasteiger partial charge in [-0.2, -0.15) is 0 Å². The molecule has 2 N–H and O–H groups in total. The molecule has 1 aromatic carbocycles. The van der Waals surface area contributed by atoms with Gasteiger partial charge in [0.05, 0.1) is 19.9 Å². The molecule has 1 aliphatic heterocycles. The number of benzene rings is 1. The van der Waals surface area contributed by atoms with Gasteiger partial charge in [-0.1, -0.05) is 12.8 Å². The quantitative estimate of drug-likeness (QED) is 0.862. The lowest BCUT2D eigenvalue weighted by molar-refractivity contribution is 0.181. The minimum absolute atomic E-state index is 0.681. The number of nitrogens with two attached hydrogens (primary N) is 1. The minimum Gasteiger partial charge on any atom is -0.493 e. The van der Waals surface area contributed by atoms with E-state index in [1.165, 1.54) is 36.8 Å². The van der Waals surface area contributed by atoms with Gasteiger partial charge >= 0.3 is 0 Å². The van der Waals surface area contributed by atoms with Gasteiger partial charge in [-0.15, -0.1) is 0 Å². The summed E-state index contributed by atoms with van der Waals surface area (Å²) >= 11 is 0. The second-order valence-corrected chi connectivity index (χ2v) is 5.82. The molecule has 20 heavy (non-hydrogen) atoms. The van der Waals surface area contributed by atoms with Crippen LogP contribution in [0.1, 0.15) is 36.8 Å². The number of hydrogen-bond donors (Lipinski definition) is 1. The van der Waals surface area contributed by atoms with Crippen molar-refractivity contribution in [3.05, 3.63) is 17.2 Å². The first-order valence-corrected chi connectivity index (χ1v) is 7.51. The van der Waals surface area contributed by atoms with E-state index in [0.29, 0.717) is 5.75 Å². The van der Waals surface area contributed by atoms with Crippen LogP contribution < -0.4 is 15.2 Å². The fraction of sp³-hybridized carbons (Fsp3) is 0.625. The number of rotatable bonds is 3. The number of nitrogen functional groups attached to an aromatic ring is 1. The monoisotopic (exact) mass is 276 g/mol. The van der Waals surface area contributed by atoms with Crippen LogP contribution in [0.4, 0.5) is 5.69 Å². The fourth-order valence-electron chi connectivity index (χ4n) is 3.69. The van der Waals surface area contributed by atoms with Gasteiger partial charge in [-0.25, -0.2) is 0 Å². The molecule has 0 aromatic heterocycles. The lowest BCUT2D eigenvalue weighted by Crippen LogP contribution is -2.38. The molecule has 4 heteroatoms. The summed E-state index contributed by atoms with van der Waals surface area (Å²) in [6.07, 6.45) is 6.46. The number of ether oxygens (including phenoxy) is 2. The van der Waals surface area contributed by atoms with Crippen molar-refractivity contribution in [2.45, 2.75) is 44.7 Å². The number of nitrogens with zero attached hydrogens (tertiary/aromatic N) is 1. The van der Waals surface area contributed by atoms with E-state index in [-0.39, 0.29) is 0 Å². The molecule has 0 radical (unpaired) electrons. The Balaban J connectivity index is 1.90. The number of hydrogen-bond acceptors (Lipinski definition) is 4. The molecule has 0 unspecified atom stereocenters. The van der Waals surface area contributed by atoms with Crippen LogP contribution in [0.5, 0.6) is 11.5 Å². The largest absolute Gasteiger partial charge is 0.493 e. The van der Waals surface area contributed by atoms with Crippen LogP contribution in [0.25, 0.3) is 0 Å². The molecule has 1 fully saturated rings. The highest BCUT2D eigenvalue weighted by Crippen LogP contribution is 2.41. The first kappa shape index (κ1) is 13.6. The van der Waals surface area contributed by atoms with Crippen molar-refractivity contribution in [2.24, 2.45) is 0 Å². The molecule has 1 aliphatic carbocycles. The van der Waals surface area contributed by atoms with Gasteiger partial charge in [0.15, 0.2) is 11.5 Å². The summed E-state index contributed by atoms with van der Waals surface area (Å²) in [6, 6.07) is 2.86. The summed E-state index contributed by atoms with van der Waals surface area (Å²) in [7, 11) is 3.31. The Morgan fingerprint density at radius 3 is 2.60 bits per heavy atom. The third kappa shape index (κ3) is 2.22. The molecule has 2 aliphatic rings. The maximum Gasteiger partial charge on any atom is 0.184 e. The maximum atomic E-state index is 6.27. The predicted molar refractivity (Wildman–Crippen MR) is 80.3 cm³/mol. The zero-order valence-electron chi connectivity index (χ0n) is 12.4. The average Bonchev–Trinajstić information content (AvgIpc) is 3.00. The van der Waals surface area contributed by atoms with E-state index in [9.17, 15) is 0 Å². The molecule has 0 bridgehead atoms. The third-order valence-electron chi connectivity index (χ3n) is 4.77. The molecule has 1 aromatic rings. The van der Waals surface area contributed by atoms with Crippen molar-refractivity contribution >= 4 is 5.69 Å². The van der Waals surface area contributed by atoms with Crippen LogP contribution in [0.2, 0.25) is 0 Å². The van der Waals surface area contributed by atoms with Crippen molar-refractivity contribution in [3.8, 4) is 11.5 Å². The minimum atomic E-state index is 0.681. The van der Waals surface area contributed by atoms with Gasteiger partial charge in [-0.05, 0) is 36.5 Å². The number of anilines is 1. The Kier molecular flexibility index (Phi) is 3.74. The third-order valence-corrected chi connectivity index (χ3v) is 4.77. The van der Waals surface area contributed by atoms with Crippen LogP contribution in [-0.4, -0.2) is 31.7 Å². The van der Waals surface area contributed by atoms with Crippen LogP contribution in [0.15, 0.2) is 6.07 Å². The molecule has 0 amide bonds. The fourth-order valence-corrected chi connectivity index (χ4v) is 3.69. The summed E-state index contributed by atoms with van der Waals surface area (Å²) in [6.45, 7) is 2.10. The Hall–Kier alpha value is -1.42.